The first-order valence-corrected chi connectivity index (χ1v) is 11.2. The molecule has 1 amide bonds. The average molecular weight is 477 g/mol. The average Bonchev–Trinajstić information content (AvgIpc) is 3.57. The second kappa shape index (κ2) is 8.35. The maximum Gasteiger partial charge on any atom is 0.296 e. The monoisotopic (exact) mass is 476 g/mol. The van der Waals surface area contributed by atoms with Crippen molar-refractivity contribution in [3.8, 4) is 11.5 Å². The van der Waals surface area contributed by atoms with Crippen LogP contribution >= 0.6 is 11.3 Å². The van der Waals surface area contributed by atoms with Gasteiger partial charge in [0.25, 0.3) is 5.91 Å². The molecule has 172 valence electrons. The van der Waals surface area contributed by atoms with Crippen molar-refractivity contribution in [2.45, 2.75) is 13.0 Å². The minimum atomic E-state index is -1.02. The number of aryl methyl sites for hydroxylation is 1. The summed E-state index contributed by atoms with van der Waals surface area (Å²) in [5.74, 6) is -1.08. The van der Waals surface area contributed by atoms with Crippen molar-refractivity contribution in [3.05, 3.63) is 83.0 Å². The summed E-state index contributed by atoms with van der Waals surface area (Å²) >= 11 is 1.30. The highest BCUT2D eigenvalue weighted by molar-refractivity contribution is 7.22. The molecule has 0 fully saturated rings. The Morgan fingerprint density at radius 3 is 2.68 bits per heavy atom. The van der Waals surface area contributed by atoms with E-state index in [0.29, 0.717) is 27.7 Å². The molecule has 5 rings (SSSR count). The third kappa shape index (κ3) is 3.41. The van der Waals surface area contributed by atoms with Crippen LogP contribution in [0.15, 0.2) is 70.5 Å². The van der Waals surface area contributed by atoms with E-state index in [0.717, 1.165) is 10.3 Å². The molecule has 9 heteroatoms. The lowest BCUT2D eigenvalue weighted by Crippen LogP contribution is -2.31. The SMILES string of the molecule is COc1ccc(OC)c([C@H]2C(C(=O)c3ccco3)=C(O)C(=O)N2c2nc3ccc(C)cc3s2)c1. The van der Waals surface area contributed by atoms with Crippen LogP contribution in [0, 0.1) is 6.92 Å². The standard InChI is InChI=1S/C25H20N2O6S/c1-13-6-8-16-19(11-13)34-25(26-16)27-21(15-12-14(31-2)7-9-17(15)32-3)20(23(29)24(27)30)22(28)18-5-4-10-33-18/h4-12,21,29H,1-3H3/t21-/m0/s1. The highest BCUT2D eigenvalue weighted by atomic mass is 32.1. The molecule has 2 aromatic carbocycles. The zero-order valence-electron chi connectivity index (χ0n) is 18.6. The van der Waals surface area contributed by atoms with Gasteiger partial charge in [-0.25, -0.2) is 4.98 Å². The van der Waals surface area contributed by atoms with E-state index >= 15 is 0 Å². The number of hydrogen-bond acceptors (Lipinski definition) is 8. The molecule has 0 unspecified atom stereocenters. The number of aliphatic hydroxyl groups is 1. The quantitative estimate of drug-likeness (QED) is 0.391. The van der Waals surface area contributed by atoms with Crippen LogP contribution in [0.1, 0.15) is 27.7 Å². The normalized spacial score (nSPS) is 15.9. The topological polar surface area (TPSA) is 102 Å². The lowest BCUT2D eigenvalue weighted by Gasteiger charge is -2.26. The lowest BCUT2D eigenvalue weighted by molar-refractivity contribution is -0.117. The number of methoxy groups -OCH3 is 2. The number of fused-ring (bicyclic) bond motifs is 1. The minimum Gasteiger partial charge on any atom is -0.503 e. The smallest absolute Gasteiger partial charge is 0.296 e. The molecule has 3 heterocycles. The number of carbonyl (C=O) groups is 2. The van der Waals surface area contributed by atoms with E-state index in [2.05, 4.69) is 4.98 Å². The molecule has 0 radical (unpaired) electrons. The molecule has 2 aromatic heterocycles. The number of ketones is 1. The largest absolute Gasteiger partial charge is 0.503 e. The fourth-order valence-electron chi connectivity index (χ4n) is 4.05. The number of carbonyl (C=O) groups excluding carboxylic acids is 2. The fourth-order valence-corrected chi connectivity index (χ4v) is 5.14. The van der Waals surface area contributed by atoms with Crippen molar-refractivity contribution in [2.75, 3.05) is 19.1 Å². The number of hydrogen-bond donors (Lipinski definition) is 1. The number of benzene rings is 2. The van der Waals surface area contributed by atoms with E-state index in [-0.39, 0.29) is 11.3 Å². The van der Waals surface area contributed by atoms with Crippen LogP contribution in [0.25, 0.3) is 10.2 Å². The molecule has 0 bridgehead atoms. The van der Waals surface area contributed by atoms with Gasteiger partial charge in [-0.05, 0) is 55.0 Å². The van der Waals surface area contributed by atoms with Crippen LogP contribution in [0.5, 0.6) is 11.5 Å². The molecule has 1 aliphatic rings. The molecule has 8 nitrogen and oxygen atoms in total. The Bertz CT molecular complexity index is 1450. The summed E-state index contributed by atoms with van der Waals surface area (Å²) in [7, 11) is 3.01. The summed E-state index contributed by atoms with van der Waals surface area (Å²) in [5, 5.41) is 11.3. The van der Waals surface area contributed by atoms with E-state index < -0.39 is 23.5 Å². The van der Waals surface area contributed by atoms with Crippen molar-refractivity contribution in [1.29, 1.82) is 0 Å². The summed E-state index contributed by atoms with van der Waals surface area (Å²) < 4.78 is 17.1. The predicted molar refractivity (Wildman–Crippen MR) is 127 cm³/mol. The third-order valence-corrected chi connectivity index (χ3v) is 6.69. The van der Waals surface area contributed by atoms with Crippen molar-refractivity contribution >= 4 is 38.4 Å². The summed E-state index contributed by atoms with van der Waals surface area (Å²) in [5.41, 5.74) is 2.10. The number of anilines is 1. The van der Waals surface area contributed by atoms with Crippen LogP contribution < -0.4 is 14.4 Å². The molecule has 0 aliphatic carbocycles. The van der Waals surface area contributed by atoms with Gasteiger partial charge < -0.3 is 19.0 Å². The molecular weight excluding hydrogens is 456 g/mol. The molecule has 34 heavy (non-hydrogen) atoms. The molecule has 0 saturated heterocycles. The van der Waals surface area contributed by atoms with Gasteiger partial charge in [0.05, 0.1) is 36.3 Å². The van der Waals surface area contributed by atoms with Crippen molar-refractivity contribution in [1.82, 2.24) is 4.98 Å². The number of Topliss-reactive ketones (excluding diaryl/α,β-unsaturated/α-hetero) is 1. The zero-order valence-corrected chi connectivity index (χ0v) is 19.4. The predicted octanol–water partition coefficient (Wildman–Crippen LogP) is 5.00. The van der Waals surface area contributed by atoms with Gasteiger partial charge in [-0.15, -0.1) is 0 Å². The number of nitrogens with zero attached hydrogens (tertiary/aromatic N) is 2. The van der Waals surface area contributed by atoms with Gasteiger partial charge in [-0.1, -0.05) is 17.4 Å². The lowest BCUT2D eigenvalue weighted by atomic mass is 9.94. The van der Waals surface area contributed by atoms with E-state index in [4.69, 9.17) is 13.9 Å². The summed E-state index contributed by atoms with van der Waals surface area (Å²) in [6.45, 7) is 1.97. The Kier molecular flexibility index (Phi) is 5.33. The van der Waals surface area contributed by atoms with Gasteiger partial charge >= 0.3 is 0 Å². The number of rotatable bonds is 6. The van der Waals surface area contributed by atoms with Gasteiger partial charge in [0, 0.05) is 5.56 Å². The van der Waals surface area contributed by atoms with Gasteiger partial charge in [-0.2, -0.15) is 0 Å². The molecular formula is C25H20N2O6S. The summed E-state index contributed by atoms with van der Waals surface area (Å²) in [6, 6.07) is 12.9. The van der Waals surface area contributed by atoms with Crippen molar-refractivity contribution < 1.29 is 28.6 Å². The number of ether oxygens (including phenoxy) is 2. The molecule has 1 atom stereocenters. The maximum atomic E-state index is 13.4. The first-order valence-electron chi connectivity index (χ1n) is 10.4. The number of amides is 1. The molecule has 1 N–H and O–H groups in total. The Morgan fingerprint density at radius 2 is 1.97 bits per heavy atom. The van der Waals surface area contributed by atoms with Crippen LogP contribution in [0.4, 0.5) is 5.13 Å². The van der Waals surface area contributed by atoms with Gasteiger partial charge in [0.15, 0.2) is 16.7 Å². The number of thiazole rings is 1. The number of aromatic nitrogens is 1. The van der Waals surface area contributed by atoms with Crippen LogP contribution in [0.3, 0.4) is 0 Å². The van der Waals surface area contributed by atoms with E-state index in [9.17, 15) is 14.7 Å². The fraction of sp³-hybridized carbons (Fsp3) is 0.160. The Balaban J connectivity index is 1.74. The number of aliphatic hydroxyl groups excluding tert-OH is 1. The maximum absolute atomic E-state index is 13.4. The molecule has 0 saturated carbocycles. The van der Waals surface area contributed by atoms with Gasteiger partial charge in [0.1, 0.15) is 17.5 Å². The van der Waals surface area contributed by atoms with E-state index in [1.807, 2.05) is 25.1 Å². The second-order valence-corrected chi connectivity index (χ2v) is 8.73. The summed E-state index contributed by atoms with van der Waals surface area (Å²) in [6.07, 6.45) is 1.36. The molecule has 1 aliphatic heterocycles. The highest BCUT2D eigenvalue weighted by Gasteiger charge is 2.47. The Morgan fingerprint density at radius 1 is 1.15 bits per heavy atom. The molecule has 0 spiro atoms. The van der Waals surface area contributed by atoms with Gasteiger partial charge in [0.2, 0.25) is 5.78 Å². The van der Waals surface area contributed by atoms with Crippen LogP contribution in [-0.2, 0) is 4.79 Å². The number of furan rings is 1. The second-order valence-electron chi connectivity index (χ2n) is 7.72. The van der Waals surface area contributed by atoms with E-state index in [1.54, 1.807) is 24.3 Å². The van der Waals surface area contributed by atoms with E-state index in [1.165, 1.54) is 42.8 Å². The van der Waals surface area contributed by atoms with Crippen LogP contribution in [0.2, 0.25) is 0 Å². The Hall–Kier alpha value is -4.11. The minimum absolute atomic E-state index is 0.00277. The van der Waals surface area contributed by atoms with Crippen LogP contribution in [-0.4, -0.2) is 36.0 Å². The Labute approximate surface area is 198 Å². The van der Waals surface area contributed by atoms with Crippen molar-refractivity contribution in [2.24, 2.45) is 0 Å². The molecule has 4 aromatic rings. The third-order valence-electron chi connectivity index (χ3n) is 5.67. The van der Waals surface area contributed by atoms with Crippen molar-refractivity contribution in [3.63, 3.8) is 0 Å². The van der Waals surface area contributed by atoms with Gasteiger partial charge in [-0.3, -0.25) is 14.5 Å². The zero-order chi connectivity index (χ0) is 24.0. The first kappa shape index (κ1) is 21.7. The highest BCUT2D eigenvalue weighted by Crippen LogP contribution is 2.47. The summed E-state index contributed by atoms with van der Waals surface area (Å²) in [4.78, 5) is 32.8. The first-order chi connectivity index (χ1) is 16.4.